The van der Waals surface area contributed by atoms with Gasteiger partial charge < -0.3 is 11.1 Å². The van der Waals surface area contributed by atoms with Crippen molar-refractivity contribution in [2.45, 2.75) is 19.9 Å². The normalized spacial score (nSPS) is 11.9. The highest BCUT2D eigenvalue weighted by Crippen LogP contribution is 2.18. The number of nitrogens with two attached hydrogens (primary N) is 1. The molecule has 15 heavy (non-hydrogen) atoms. The van der Waals surface area contributed by atoms with Crippen LogP contribution in [-0.2, 0) is 0 Å². The van der Waals surface area contributed by atoms with Crippen LogP contribution in [0.25, 0.3) is 0 Å². The van der Waals surface area contributed by atoms with Crippen LogP contribution in [0.3, 0.4) is 0 Å². The van der Waals surface area contributed by atoms with Crippen LogP contribution in [0.4, 0.5) is 10.1 Å². The smallest absolute Gasteiger partial charge is 0.193 e. The first kappa shape index (κ1) is 11.8. The molecule has 3 nitrogen and oxygen atoms in total. The van der Waals surface area contributed by atoms with Crippen LogP contribution in [0, 0.1) is 5.82 Å². The molecule has 0 amide bonds. The van der Waals surface area contributed by atoms with Crippen LogP contribution in [0.15, 0.2) is 23.2 Å². The van der Waals surface area contributed by atoms with Gasteiger partial charge in [-0.15, -0.1) is 0 Å². The molecular formula is C10H13ClFN3. The Kier molecular flexibility index (Phi) is 3.91. The number of hydrogen-bond donors (Lipinski definition) is 2. The van der Waals surface area contributed by atoms with Gasteiger partial charge in [0, 0.05) is 11.7 Å². The van der Waals surface area contributed by atoms with Crippen molar-refractivity contribution in [1.29, 1.82) is 0 Å². The molecule has 0 heterocycles. The summed E-state index contributed by atoms with van der Waals surface area (Å²) in [6.45, 7) is 3.82. The van der Waals surface area contributed by atoms with Crippen molar-refractivity contribution in [1.82, 2.24) is 0 Å². The van der Waals surface area contributed by atoms with E-state index in [1.165, 1.54) is 12.1 Å². The number of anilines is 1. The van der Waals surface area contributed by atoms with E-state index in [2.05, 4.69) is 10.3 Å². The fourth-order valence-corrected chi connectivity index (χ4v) is 1.21. The maximum absolute atomic E-state index is 12.8. The van der Waals surface area contributed by atoms with Gasteiger partial charge in [-0.05, 0) is 32.0 Å². The third-order valence-electron chi connectivity index (χ3n) is 1.59. The number of rotatable bonds is 2. The van der Waals surface area contributed by atoms with Gasteiger partial charge in [0.2, 0.25) is 0 Å². The van der Waals surface area contributed by atoms with Gasteiger partial charge in [-0.3, -0.25) is 4.99 Å². The first-order valence-corrected chi connectivity index (χ1v) is 4.92. The van der Waals surface area contributed by atoms with Crippen molar-refractivity contribution in [2.24, 2.45) is 10.7 Å². The highest BCUT2D eigenvalue weighted by Gasteiger charge is 2.01. The molecule has 0 aromatic heterocycles. The molecule has 0 aliphatic rings. The number of nitrogens with zero attached hydrogens (tertiary/aromatic N) is 1. The van der Waals surface area contributed by atoms with Crippen LogP contribution in [0.2, 0.25) is 5.02 Å². The third-order valence-corrected chi connectivity index (χ3v) is 1.88. The van der Waals surface area contributed by atoms with Gasteiger partial charge >= 0.3 is 0 Å². The number of halogens is 2. The summed E-state index contributed by atoms with van der Waals surface area (Å²) < 4.78 is 12.8. The molecule has 82 valence electrons. The minimum Gasteiger partial charge on any atom is -0.370 e. The van der Waals surface area contributed by atoms with Crippen molar-refractivity contribution in [3.63, 3.8) is 0 Å². The molecule has 0 radical (unpaired) electrons. The number of hydrogen-bond acceptors (Lipinski definition) is 1. The lowest BCUT2D eigenvalue weighted by molar-refractivity contribution is 0.628. The molecule has 0 atom stereocenters. The zero-order valence-corrected chi connectivity index (χ0v) is 9.35. The van der Waals surface area contributed by atoms with Crippen LogP contribution >= 0.6 is 11.6 Å². The summed E-state index contributed by atoms with van der Waals surface area (Å²) in [4.78, 5) is 4.07. The van der Waals surface area contributed by atoms with Crippen LogP contribution in [-0.4, -0.2) is 12.0 Å². The molecule has 0 unspecified atom stereocenters. The maximum Gasteiger partial charge on any atom is 0.193 e. The number of aliphatic imine (C=N–C) groups is 1. The minimum absolute atomic E-state index is 0.0531. The van der Waals surface area contributed by atoms with Gasteiger partial charge in [0.1, 0.15) is 5.82 Å². The fraction of sp³-hybridized carbons (Fsp3) is 0.300. The summed E-state index contributed by atoms with van der Waals surface area (Å²) in [5.74, 6) is -0.172. The molecule has 0 aliphatic heterocycles. The van der Waals surface area contributed by atoms with Crippen LogP contribution in [0.5, 0.6) is 0 Å². The molecule has 1 aromatic carbocycles. The number of benzene rings is 1. The molecule has 1 aromatic rings. The summed E-state index contributed by atoms with van der Waals surface area (Å²) in [6, 6.07) is 4.38. The van der Waals surface area contributed by atoms with Crippen LogP contribution in [0.1, 0.15) is 13.8 Å². The summed E-state index contributed by atoms with van der Waals surface area (Å²) >= 11 is 5.61. The molecule has 1 rings (SSSR count). The fourth-order valence-electron chi connectivity index (χ4n) is 1.03. The lowest BCUT2D eigenvalue weighted by Crippen LogP contribution is -2.23. The zero-order valence-electron chi connectivity index (χ0n) is 8.59. The quantitative estimate of drug-likeness (QED) is 0.605. The predicted octanol–water partition coefficient (Wildman–Crippen LogP) is 2.61. The Labute approximate surface area is 93.1 Å². The van der Waals surface area contributed by atoms with E-state index in [-0.39, 0.29) is 17.0 Å². The van der Waals surface area contributed by atoms with E-state index in [1.54, 1.807) is 6.07 Å². The molecule has 0 aliphatic carbocycles. The van der Waals surface area contributed by atoms with Crippen molar-refractivity contribution in [3.05, 3.63) is 29.0 Å². The first-order chi connectivity index (χ1) is 6.99. The Bertz CT molecular complexity index is 377. The highest BCUT2D eigenvalue weighted by atomic mass is 35.5. The molecule has 0 saturated carbocycles. The van der Waals surface area contributed by atoms with Gasteiger partial charge in [0.25, 0.3) is 0 Å². The van der Waals surface area contributed by atoms with Gasteiger partial charge in [0.15, 0.2) is 5.96 Å². The topological polar surface area (TPSA) is 50.4 Å². The average molecular weight is 230 g/mol. The Morgan fingerprint density at radius 3 is 2.73 bits per heavy atom. The second-order valence-corrected chi connectivity index (χ2v) is 3.77. The third kappa shape index (κ3) is 3.75. The van der Waals surface area contributed by atoms with E-state index in [0.717, 1.165) is 0 Å². The summed E-state index contributed by atoms with van der Waals surface area (Å²) in [7, 11) is 0. The lowest BCUT2D eigenvalue weighted by atomic mass is 10.3. The highest BCUT2D eigenvalue weighted by molar-refractivity contribution is 6.31. The minimum atomic E-state index is -0.457. The van der Waals surface area contributed by atoms with E-state index in [9.17, 15) is 4.39 Å². The Morgan fingerprint density at radius 2 is 2.20 bits per heavy atom. The van der Waals surface area contributed by atoms with Crippen molar-refractivity contribution in [2.75, 3.05) is 5.32 Å². The second-order valence-electron chi connectivity index (χ2n) is 3.36. The molecule has 0 bridgehead atoms. The Hall–Kier alpha value is -1.29. The predicted molar refractivity (Wildman–Crippen MR) is 61.8 cm³/mol. The van der Waals surface area contributed by atoms with E-state index in [0.29, 0.717) is 5.69 Å². The van der Waals surface area contributed by atoms with E-state index in [1.807, 2.05) is 13.8 Å². The van der Waals surface area contributed by atoms with Crippen molar-refractivity contribution in [3.8, 4) is 0 Å². The Morgan fingerprint density at radius 1 is 1.53 bits per heavy atom. The second kappa shape index (κ2) is 4.98. The van der Waals surface area contributed by atoms with E-state index >= 15 is 0 Å². The van der Waals surface area contributed by atoms with Crippen molar-refractivity contribution < 1.29 is 4.39 Å². The molecular weight excluding hydrogens is 217 g/mol. The van der Waals surface area contributed by atoms with Crippen molar-refractivity contribution >= 4 is 23.2 Å². The standard InChI is InChI=1S/C10H13ClFN3/c1-6(2)14-10(13)15-7-3-4-9(12)8(11)5-7/h3-6H,1-2H3,(H3,13,14,15). The number of guanidine groups is 1. The SMILES string of the molecule is CC(C)N=C(N)Nc1ccc(F)c(Cl)c1. The van der Waals surface area contributed by atoms with Crippen LogP contribution < -0.4 is 11.1 Å². The molecule has 0 spiro atoms. The van der Waals surface area contributed by atoms with Gasteiger partial charge in [-0.2, -0.15) is 0 Å². The molecule has 0 fully saturated rings. The summed E-state index contributed by atoms with van der Waals surface area (Å²) in [5, 5.41) is 2.87. The zero-order chi connectivity index (χ0) is 11.4. The summed E-state index contributed by atoms with van der Waals surface area (Å²) in [6.07, 6.45) is 0. The summed E-state index contributed by atoms with van der Waals surface area (Å²) in [5.41, 5.74) is 6.21. The van der Waals surface area contributed by atoms with E-state index < -0.39 is 5.82 Å². The Balaban J connectivity index is 2.77. The maximum atomic E-state index is 12.8. The largest absolute Gasteiger partial charge is 0.370 e. The van der Waals surface area contributed by atoms with Gasteiger partial charge in [-0.25, -0.2) is 4.39 Å². The first-order valence-electron chi connectivity index (χ1n) is 4.54. The molecule has 0 saturated heterocycles. The molecule has 5 heteroatoms. The van der Waals surface area contributed by atoms with Gasteiger partial charge in [-0.1, -0.05) is 11.6 Å². The number of nitrogens with one attached hydrogen (secondary N) is 1. The van der Waals surface area contributed by atoms with E-state index in [4.69, 9.17) is 17.3 Å². The monoisotopic (exact) mass is 229 g/mol. The average Bonchev–Trinajstić information content (AvgIpc) is 2.10. The lowest BCUT2D eigenvalue weighted by Gasteiger charge is -2.07. The van der Waals surface area contributed by atoms with Gasteiger partial charge in [0.05, 0.1) is 5.02 Å². The molecule has 3 N–H and O–H groups in total.